The van der Waals surface area contributed by atoms with Crippen molar-refractivity contribution in [2.45, 2.75) is 32.2 Å². The average Bonchev–Trinajstić information content (AvgIpc) is 3.18. The largest absolute Gasteiger partial charge is 0.369 e. The van der Waals surface area contributed by atoms with E-state index in [1.54, 1.807) is 6.07 Å². The van der Waals surface area contributed by atoms with E-state index < -0.39 is 0 Å². The zero-order chi connectivity index (χ0) is 15.5. The second-order valence-electron chi connectivity index (χ2n) is 5.77. The molecule has 1 aliphatic heterocycles. The lowest BCUT2D eigenvalue weighted by molar-refractivity contribution is 0.418. The Morgan fingerprint density at radius 2 is 2.14 bits per heavy atom. The fourth-order valence-corrected chi connectivity index (χ4v) is 2.68. The van der Waals surface area contributed by atoms with Gasteiger partial charge < -0.3 is 14.7 Å². The Balaban J connectivity index is 1.79. The number of rotatable bonds is 5. The van der Waals surface area contributed by atoms with Crippen molar-refractivity contribution in [1.82, 2.24) is 15.5 Å². The summed E-state index contributed by atoms with van der Waals surface area (Å²) in [5.41, 5.74) is 1.28. The molecule has 2 aromatic rings. The zero-order valence-corrected chi connectivity index (χ0v) is 13.0. The van der Waals surface area contributed by atoms with Gasteiger partial charge in [0.05, 0.1) is 5.69 Å². The molecule has 1 saturated heterocycles. The molecule has 1 fully saturated rings. The highest BCUT2D eigenvalue weighted by Crippen LogP contribution is 2.28. The third kappa shape index (κ3) is 3.11. The highest BCUT2D eigenvalue weighted by atomic mass is 19.1. The van der Waals surface area contributed by atoms with Gasteiger partial charge in [-0.15, -0.1) is 0 Å². The minimum absolute atomic E-state index is 0.234. The molecule has 1 aliphatic rings. The van der Waals surface area contributed by atoms with E-state index in [-0.39, 0.29) is 11.9 Å². The standard InChI is InChI=1S/C16H21FN4O/c1-11(18-2)9-15-19-16(22-20-15)12-5-6-14(13(17)10-12)21-7-3-4-8-21/h5-6,10-11,18H,3-4,7-9H2,1-2H3. The predicted octanol–water partition coefficient (Wildman–Crippen LogP) is 2.63. The van der Waals surface area contributed by atoms with Gasteiger partial charge in [-0.25, -0.2) is 4.39 Å². The first-order chi connectivity index (χ1) is 10.7. The van der Waals surface area contributed by atoms with Crippen LogP contribution in [0.5, 0.6) is 0 Å². The number of aromatic nitrogens is 2. The van der Waals surface area contributed by atoms with Crippen molar-refractivity contribution >= 4 is 5.69 Å². The fraction of sp³-hybridized carbons (Fsp3) is 0.500. The van der Waals surface area contributed by atoms with Crippen molar-refractivity contribution in [3.63, 3.8) is 0 Å². The van der Waals surface area contributed by atoms with Crippen LogP contribution in [0.15, 0.2) is 22.7 Å². The first-order valence-electron chi connectivity index (χ1n) is 7.72. The number of hydrogen-bond acceptors (Lipinski definition) is 5. The van der Waals surface area contributed by atoms with Crippen LogP contribution in [-0.2, 0) is 6.42 Å². The summed E-state index contributed by atoms with van der Waals surface area (Å²) in [6.07, 6.45) is 2.92. The summed E-state index contributed by atoms with van der Waals surface area (Å²) >= 11 is 0. The van der Waals surface area contributed by atoms with Crippen LogP contribution in [0.1, 0.15) is 25.6 Å². The first-order valence-corrected chi connectivity index (χ1v) is 7.72. The van der Waals surface area contributed by atoms with Gasteiger partial charge in [0.2, 0.25) is 0 Å². The summed E-state index contributed by atoms with van der Waals surface area (Å²) in [6, 6.07) is 5.39. The summed E-state index contributed by atoms with van der Waals surface area (Å²) in [5, 5.41) is 7.07. The number of nitrogens with one attached hydrogen (secondary N) is 1. The molecular formula is C16H21FN4O. The monoisotopic (exact) mass is 304 g/mol. The SMILES string of the molecule is CNC(C)Cc1noc(-c2ccc(N3CCCC3)c(F)c2)n1. The molecule has 1 atom stereocenters. The lowest BCUT2D eigenvalue weighted by Gasteiger charge is -2.18. The van der Waals surface area contributed by atoms with Crippen molar-refractivity contribution in [3.8, 4) is 11.5 Å². The first kappa shape index (κ1) is 15.0. The van der Waals surface area contributed by atoms with Gasteiger partial charge in [-0.2, -0.15) is 4.98 Å². The van der Waals surface area contributed by atoms with Crippen molar-refractivity contribution in [3.05, 3.63) is 29.8 Å². The molecule has 0 saturated carbocycles. The molecule has 118 valence electrons. The molecule has 22 heavy (non-hydrogen) atoms. The van der Waals surface area contributed by atoms with Crippen LogP contribution in [0.3, 0.4) is 0 Å². The second kappa shape index (κ2) is 6.44. The van der Waals surface area contributed by atoms with E-state index in [0.29, 0.717) is 29.4 Å². The van der Waals surface area contributed by atoms with E-state index >= 15 is 0 Å². The van der Waals surface area contributed by atoms with Crippen molar-refractivity contribution in [1.29, 1.82) is 0 Å². The Labute approximate surface area is 129 Å². The summed E-state index contributed by atoms with van der Waals surface area (Å²) in [4.78, 5) is 6.42. The molecule has 5 nitrogen and oxygen atoms in total. The summed E-state index contributed by atoms with van der Waals surface area (Å²) in [7, 11) is 1.89. The van der Waals surface area contributed by atoms with Gasteiger partial charge in [-0.3, -0.25) is 0 Å². The van der Waals surface area contributed by atoms with Gasteiger partial charge >= 0.3 is 0 Å². The molecule has 1 unspecified atom stereocenters. The van der Waals surface area contributed by atoms with Gasteiger partial charge in [-0.05, 0) is 45.0 Å². The van der Waals surface area contributed by atoms with Gasteiger partial charge in [0.15, 0.2) is 5.82 Å². The molecule has 2 heterocycles. The van der Waals surface area contributed by atoms with Crippen molar-refractivity contribution in [2.24, 2.45) is 0 Å². The van der Waals surface area contributed by atoms with Crippen LogP contribution in [-0.4, -0.2) is 36.3 Å². The maximum absolute atomic E-state index is 14.3. The quantitative estimate of drug-likeness (QED) is 0.920. The lowest BCUT2D eigenvalue weighted by Crippen LogP contribution is -2.24. The van der Waals surface area contributed by atoms with Crippen molar-refractivity contribution < 1.29 is 8.91 Å². The van der Waals surface area contributed by atoms with Crippen LogP contribution in [0.4, 0.5) is 10.1 Å². The number of anilines is 1. The number of benzene rings is 1. The minimum Gasteiger partial charge on any atom is -0.369 e. The summed E-state index contributed by atoms with van der Waals surface area (Å²) in [5.74, 6) is 0.758. The van der Waals surface area contributed by atoms with Gasteiger partial charge in [-0.1, -0.05) is 5.16 Å². The molecule has 0 radical (unpaired) electrons. The summed E-state index contributed by atoms with van der Waals surface area (Å²) in [6.45, 7) is 3.88. The van der Waals surface area contributed by atoms with E-state index in [1.807, 2.05) is 20.0 Å². The average molecular weight is 304 g/mol. The molecule has 1 aromatic heterocycles. The molecule has 0 amide bonds. The Morgan fingerprint density at radius 1 is 1.36 bits per heavy atom. The maximum atomic E-state index is 14.3. The number of likely N-dealkylation sites (N-methyl/N-ethyl adjacent to an activating group) is 1. The van der Waals surface area contributed by atoms with Crippen LogP contribution in [0.2, 0.25) is 0 Å². The van der Waals surface area contributed by atoms with Crippen LogP contribution < -0.4 is 10.2 Å². The number of nitrogens with zero attached hydrogens (tertiary/aromatic N) is 3. The Bertz CT molecular complexity index is 637. The number of halogens is 1. The Hall–Kier alpha value is -1.95. The van der Waals surface area contributed by atoms with E-state index in [2.05, 4.69) is 20.4 Å². The molecular weight excluding hydrogens is 283 g/mol. The molecule has 3 rings (SSSR count). The highest BCUT2D eigenvalue weighted by molar-refractivity contribution is 5.60. The molecule has 1 N–H and O–H groups in total. The second-order valence-corrected chi connectivity index (χ2v) is 5.77. The topological polar surface area (TPSA) is 54.2 Å². The fourth-order valence-electron chi connectivity index (χ4n) is 2.68. The van der Waals surface area contributed by atoms with E-state index in [9.17, 15) is 4.39 Å². The van der Waals surface area contributed by atoms with Crippen LogP contribution >= 0.6 is 0 Å². The normalized spacial score (nSPS) is 16.2. The van der Waals surface area contributed by atoms with E-state index in [1.165, 1.54) is 6.07 Å². The molecule has 0 spiro atoms. The number of hydrogen-bond donors (Lipinski definition) is 1. The molecule has 6 heteroatoms. The van der Waals surface area contributed by atoms with Crippen LogP contribution in [0, 0.1) is 5.82 Å². The maximum Gasteiger partial charge on any atom is 0.258 e. The zero-order valence-electron chi connectivity index (χ0n) is 13.0. The third-order valence-electron chi connectivity index (χ3n) is 4.09. The van der Waals surface area contributed by atoms with E-state index in [4.69, 9.17) is 4.52 Å². The van der Waals surface area contributed by atoms with Crippen LogP contribution in [0.25, 0.3) is 11.5 Å². The molecule has 0 bridgehead atoms. The van der Waals surface area contributed by atoms with E-state index in [0.717, 1.165) is 25.9 Å². The Morgan fingerprint density at radius 3 is 2.82 bits per heavy atom. The van der Waals surface area contributed by atoms with Gasteiger partial charge in [0.25, 0.3) is 5.89 Å². The minimum atomic E-state index is -0.234. The summed E-state index contributed by atoms with van der Waals surface area (Å²) < 4.78 is 19.6. The van der Waals surface area contributed by atoms with Gasteiger partial charge in [0, 0.05) is 31.1 Å². The Kier molecular flexibility index (Phi) is 4.38. The van der Waals surface area contributed by atoms with Gasteiger partial charge in [0.1, 0.15) is 5.82 Å². The lowest BCUT2D eigenvalue weighted by atomic mass is 10.2. The molecule has 1 aromatic carbocycles. The highest BCUT2D eigenvalue weighted by Gasteiger charge is 2.18. The van der Waals surface area contributed by atoms with Crippen molar-refractivity contribution in [2.75, 3.05) is 25.0 Å². The third-order valence-corrected chi connectivity index (χ3v) is 4.09. The molecule has 0 aliphatic carbocycles. The smallest absolute Gasteiger partial charge is 0.258 e. The predicted molar refractivity (Wildman–Crippen MR) is 83.4 cm³/mol.